The average Bonchev–Trinajstić information content (AvgIpc) is 3.11. The fourth-order valence-corrected chi connectivity index (χ4v) is 4.48. The van der Waals surface area contributed by atoms with Crippen molar-refractivity contribution in [3.05, 3.63) is 120 Å². The van der Waals surface area contributed by atoms with Crippen LogP contribution in [0.1, 0.15) is 29.3 Å². The third-order valence-electron chi connectivity index (χ3n) is 7.02. The van der Waals surface area contributed by atoms with Crippen LogP contribution in [0.25, 0.3) is 11.1 Å². The highest BCUT2D eigenvalue weighted by atomic mass is 19.4. The van der Waals surface area contributed by atoms with E-state index in [2.05, 4.69) is 20.9 Å². The second-order valence-electron chi connectivity index (χ2n) is 10.8. The van der Waals surface area contributed by atoms with Crippen LogP contribution in [-0.4, -0.2) is 71.6 Å². The quantitative estimate of drug-likeness (QED) is 0.104. The fraction of sp³-hybridized carbons (Fsp3) is 0.250. The summed E-state index contributed by atoms with van der Waals surface area (Å²) in [6, 6.07) is 30.0. The normalized spacial score (nSPS) is 11.9. The van der Waals surface area contributed by atoms with Crippen LogP contribution < -0.4 is 16.0 Å². The van der Waals surface area contributed by atoms with Crippen LogP contribution in [0.4, 0.5) is 23.8 Å². The number of aromatic nitrogens is 1. The molecule has 270 valence electrons. The molecule has 51 heavy (non-hydrogen) atoms. The van der Waals surface area contributed by atoms with Gasteiger partial charge in [-0.05, 0) is 34.4 Å². The second kappa shape index (κ2) is 19.9. The molecule has 0 bridgehead atoms. The highest BCUT2D eigenvalue weighted by Gasteiger charge is 2.38. The lowest BCUT2D eigenvalue weighted by Gasteiger charge is -2.23. The number of alkyl carbamates (subject to hydrolysis) is 1. The van der Waals surface area contributed by atoms with Gasteiger partial charge in [-0.15, -0.1) is 0 Å². The number of hydrogen-bond donors (Lipinski definition) is 5. The van der Waals surface area contributed by atoms with Gasteiger partial charge < -0.3 is 35.6 Å². The molecule has 0 fully saturated rings. The number of pyridine rings is 1. The maximum Gasteiger partial charge on any atom is 0.490 e. The number of carboxylic acids is 2. The number of carbonyl (C=O) groups is 4. The highest BCUT2D eigenvalue weighted by molar-refractivity contribution is 5.86. The number of nitrogens with zero attached hydrogens (tertiary/aromatic N) is 1. The number of halogens is 3. The summed E-state index contributed by atoms with van der Waals surface area (Å²) < 4.78 is 42.8. The Balaban J connectivity index is 0.000000908. The van der Waals surface area contributed by atoms with Gasteiger partial charge >= 0.3 is 24.2 Å². The van der Waals surface area contributed by atoms with Crippen molar-refractivity contribution in [2.45, 2.75) is 37.7 Å². The van der Waals surface area contributed by atoms with Gasteiger partial charge in [-0.25, -0.2) is 14.6 Å². The fourth-order valence-electron chi connectivity index (χ4n) is 4.48. The lowest BCUT2D eigenvalue weighted by molar-refractivity contribution is -0.192. The lowest BCUT2D eigenvalue weighted by atomic mass is 9.99. The third kappa shape index (κ3) is 14.2. The van der Waals surface area contributed by atoms with E-state index in [1.807, 2.05) is 91.0 Å². The topological polar surface area (TPSA) is 176 Å². The van der Waals surface area contributed by atoms with E-state index in [9.17, 15) is 32.7 Å². The van der Waals surface area contributed by atoms with E-state index in [1.165, 1.54) is 0 Å². The van der Waals surface area contributed by atoms with Crippen molar-refractivity contribution in [2.75, 3.05) is 25.6 Å². The second-order valence-corrected chi connectivity index (χ2v) is 10.8. The minimum absolute atomic E-state index is 0.0423. The van der Waals surface area contributed by atoms with E-state index in [1.54, 1.807) is 19.2 Å². The Labute approximate surface area is 291 Å². The molecule has 4 aromatic rings. The number of aliphatic carboxylic acids is 2. The number of benzene rings is 3. The number of anilines is 1. The van der Waals surface area contributed by atoms with Gasteiger partial charge in [0.05, 0.1) is 32.3 Å². The number of amides is 2. The van der Waals surface area contributed by atoms with E-state index in [0.717, 1.165) is 22.4 Å². The Kier molecular flexibility index (Phi) is 15.4. The zero-order valence-electron chi connectivity index (χ0n) is 27.4. The molecule has 5 N–H and O–H groups in total. The number of carboxylic acid groups (broad SMARTS) is 2. The molecule has 0 saturated carbocycles. The molecule has 0 saturated heterocycles. The molecule has 15 heteroatoms. The summed E-state index contributed by atoms with van der Waals surface area (Å²) in [5.41, 5.74) is 4.22. The van der Waals surface area contributed by atoms with Gasteiger partial charge in [-0.1, -0.05) is 91.0 Å². The van der Waals surface area contributed by atoms with Gasteiger partial charge in [0, 0.05) is 19.2 Å². The minimum atomic E-state index is -5.08. The summed E-state index contributed by atoms with van der Waals surface area (Å²) in [4.78, 5) is 51.2. The molecule has 2 unspecified atom stereocenters. The van der Waals surface area contributed by atoms with E-state index < -0.39 is 42.2 Å². The van der Waals surface area contributed by atoms with Crippen LogP contribution in [-0.2, 0) is 36.9 Å². The molecule has 3 aromatic carbocycles. The summed E-state index contributed by atoms with van der Waals surface area (Å²) in [6.45, 7) is 0.100. The molecular weight excluding hydrogens is 673 g/mol. The first-order valence-corrected chi connectivity index (χ1v) is 15.5. The molecular formula is C36H37F3N4O8. The van der Waals surface area contributed by atoms with Crippen molar-refractivity contribution in [1.29, 1.82) is 0 Å². The first-order chi connectivity index (χ1) is 24.3. The SMILES string of the molecule is CNc1cccc(CCOC(=O)NC(COCc2ccccc2)C(=O)NC(CC(=O)O)c2ccc(-c3ccccc3)cc2)n1.O=C(O)C(F)(F)F. The van der Waals surface area contributed by atoms with Crippen molar-refractivity contribution in [3.8, 4) is 11.1 Å². The van der Waals surface area contributed by atoms with Crippen LogP contribution in [0.2, 0.25) is 0 Å². The molecule has 0 spiro atoms. The Morgan fingerprint density at radius 3 is 2.00 bits per heavy atom. The first kappa shape index (κ1) is 39.5. The molecule has 1 heterocycles. The van der Waals surface area contributed by atoms with Gasteiger partial charge in [0.2, 0.25) is 5.91 Å². The highest BCUT2D eigenvalue weighted by Crippen LogP contribution is 2.24. The molecule has 2 amide bonds. The third-order valence-corrected chi connectivity index (χ3v) is 7.02. The number of hydrogen-bond acceptors (Lipinski definition) is 8. The lowest BCUT2D eigenvalue weighted by Crippen LogP contribution is -2.50. The predicted octanol–water partition coefficient (Wildman–Crippen LogP) is 5.61. The van der Waals surface area contributed by atoms with Gasteiger partial charge in [0.1, 0.15) is 11.9 Å². The van der Waals surface area contributed by atoms with E-state index in [-0.39, 0.29) is 26.2 Å². The zero-order chi connectivity index (χ0) is 37.2. The zero-order valence-corrected chi connectivity index (χ0v) is 27.4. The van der Waals surface area contributed by atoms with Gasteiger partial charge in [-0.2, -0.15) is 13.2 Å². The average molecular weight is 711 g/mol. The summed E-state index contributed by atoms with van der Waals surface area (Å²) in [5.74, 6) is -3.74. The molecule has 0 radical (unpaired) electrons. The molecule has 0 aliphatic heterocycles. The van der Waals surface area contributed by atoms with Gasteiger partial charge in [-0.3, -0.25) is 9.59 Å². The van der Waals surface area contributed by atoms with Gasteiger partial charge in [0.25, 0.3) is 0 Å². The van der Waals surface area contributed by atoms with Crippen molar-refractivity contribution in [1.82, 2.24) is 15.6 Å². The summed E-state index contributed by atoms with van der Waals surface area (Å²) >= 11 is 0. The van der Waals surface area contributed by atoms with Crippen LogP contribution in [0.15, 0.2) is 103 Å². The smallest absolute Gasteiger partial charge is 0.481 e. The molecule has 4 rings (SSSR count). The van der Waals surface area contributed by atoms with E-state index in [4.69, 9.17) is 19.4 Å². The Morgan fingerprint density at radius 1 is 0.804 bits per heavy atom. The molecule has 0 aliphatic rings. The van der Waals surface area contributed by atoms with Crippen molar-refractivity contribution >= 4 is 29.8 Å². The Hall–Kier alpha value is -5.96. The monoisotopic (exact) mass is 710 g/mol. The van der Waals surface area contributed by atoms with Crippen molar-refractivity contribution in [2.24, 2.45) is 0 Å². The Morgan fingerprint density at radius 2 is 1.41 bits per heavy atom. The van der Waals surface area contributed by atoms with Crippen LogP contribution in [0.3, 0.4) is 0 Å². The maximum absolute atomic E-state index is 13.5. The molecule has 0 aliphatic carbocycles. The summed E-state index contributed by atoms with van der Waals surface area (Å²) in [7, 11) is 1.77. The standard InChI is InChI=1S/C34H36N4O6.C2HF3O2/c1-35-31-14-8-13-28(36-31)19-20-44-34(42)38-30(23-43-22-24-9-4-2-5-10-24)33(41)37-29(21-32(39)40)27-17-15-26(16-18-27)25-11-6-3-7-12-25;3-2(4,5)1(6)7/h2-18,29-30H,19-23H2,1H3,(H,35,36)(H,37,41)(H,38,42)(H,39,40);(H,6,7). The summed E-state index contributed by atoms with van der Waals surface area (Å²) in [6.07, 6.45) is -5.86. The predicted molar refractivity (Wildman–Crippen MR) is 181 cm³/mol. The number of rotatable bonds is 15. The van der Waals surface area contributed by atoms with E-state index in [0.29, 0.717) is 17.8 Å². The van der Waals surface area contributed by atoms with Crippen LogP contribution in [0, 0.1) is 0 Å². The van der Waals surface area contributed by atoms with E-state index >= 15 is 0 Å². The molecule has 12 nitrogen and oxygen atoms in total. The summed E-state index contributed by atoms with van der Waals surface area (Å²) in [5, 5.41) is 25.0. The van der Waals surface area contributed by atoms with Crippen molar-refractivity contribution in [3.63, 3.8) is 0 Å². The molecule has 1 aromatic heterocycles. The largest absolute Gasteiger partial charge is 0.490 e. The number of carbonyl (C=O) groups excluding carboxylic acids is 2. The van der Waals surface area contributed by atoms with Crippen LogP contribution in [0.5, 0.6) is 0 Å². The number of alkyl halides is 3. The Bertz CT molecular complexity index is 1710. The number of ether oxygens (including phenoxy) is 2. The van der Waals surface area contributed by atoms with Crippen molar-refractivity contribution < 1.29 is 52.0 Å². The van der Waals surface area contributed by atoms with Gasteiger partial charge in [0.15, 0.2) is 0 Å². The van der Waals surface area contributed by atoms with Crippen LogP contribution >= 0.6 is 0 Å². The minimum Gasteiger partial charge on any atom is -0.481 e. The first-order valence-electron chi connectivity index (χ1n) is 15.5. The maximum atomic E-state index is 13.5. The molecule has 2 atom stereocenters. The number of nitrogens with one attached hydrogen (secondary N) is 3.